The van der Waals surface area contributed by atoms with Gasteiger partial charge in [0, 0.05) is 35.0 Å². The number of hydrogen-bond acceptors (Lipinski definition) is 14. The molecule has 1 aliphatic heterocycles. The van der Waals surface area contributed by atoms with E-state index in [1.54, 1.807) is 41.5 Å². The highest BCUT2D eigenvalue weighted by molar-refractivity contribution is 8.16. The van der Waals surface area contributed by atoms with Gasteiger partial charge in [0.25, 0.3) is 0 Å². The molecular weight excluding hydrogens is 585 g/mol. The monoisotopic (exact) mass is 621 g/mol. The molecule has 4 atom stereocenters. The number of nitrogens with zero attached hydrogens (tertiary/aromatic N) is 2. The molecule has 2 heterocycles. The quantitative estimate of drug-likeness (QED) is 0.269. The standard InChI is InChI=1S/C24H36N3O10PS2/c1-23(2,3)20(29)39-12-10-34-38(32,35-11-13-40-21(30)24(4,5)6)36-14-15-17(28)18(33-7)19(37-15)27-9-8-16(25)26-22(27)31/h8-13,15,17-19,28H,14H2,1-7H3,(H2,25,26,31)/t15-,17-,18-,19-,38?/m1/s1. The maximum absolute atomic E-state index is 13.3. The topological polar surface area (TPSA) is 178 Å². The fourth-order valence-electron chi connectivity index (χ4n) is 2.94. The minimum atomic E-state index is -4.39. The van der Waals surface area contributed by atoms with Gasteiger partial charge in [0.2, 0.25) is 0 Å². The van der Waals surface area contributed by atoms with Crippen LogP contribution >= 0.6 is 31.3 Å². The average Bonchev–Trinajstić information content (AvgIpc) is 3.16. The third-order valence-electron chi connectivity index (χ3n) is 5.17. The number of phosphoric ester groups is 1. The van der Waals surface area contributed by atoms with Gasteiger partial charge in [-0.15, -0.1) is 0 Å². The maximum atomic E-state index is 13.3. The molecule has 13 nitrogen and oxygen atoms in total. The van der Waals surface area contributed by atoms with Gasteiger partial charge < -0.3 is 29.4 Å². The Morgan fingerprint density at radius 3 is 2.10 bits per heavy atom. The number of methoxy groups -OCH3 is 1. The highest BCUT2D eigenvalue weighted by atomic mass is 32.2. The first-order valence-corrected chi connectivity index (χ1v) is 15.2. The van der Waals surface area contributed by atoms with Gasteiger partial charge in [-0.25, -0.2) is 9.36 Å². The van der Waals surface area contributed by atoms with E-state index in [9.17, 15) is 24.1 Å². The Morgan fingerprint density at radius 1 is 1.12 bits per heavy atom. The lowest BCUT2D eigenvalue weighted by atomic mass is 9.99. The van der Waals surface area contributed by atoms with E-state index in [1.165, 1.54) is 30.2 Å². The summed E-state index contributed by atoms with van der Waals surface area (Å²) in [7, 11) is -3.07. The fourth-order valence-corrected chi connectivity index (χ4v) is 5.20. The van der Waals surface area contributed by atoms with Crippen molar-refractivity contribution in [3.8, 4) is 0 Å². The summed E-state index contributed by atoms with van der Waals surface area (Å²) in [4.78, 5) is 40.2. The molecule has 0 aliphatic carbocycles. The van der Waals surface area contributed by atoms with Crippen molar-refractivity contribution in [2.75, 3.05) is 19.5 Å². The van der Waals surface area contributed by atoms with Gasteiger partial charge in [0.05, 0.1) is 6.61 Å². The molecule has 3 N–H and O–H groups in total. The van der Waals surface area contributed by atoms with Crippen LogP contribution in [0.4, 0.5) is 5.82 Å². The zero-order valence-electron chi connectivity index (χ0n) is 23.3. The van der Waals surface area contributed by atoms with Gasteiger partial charge >= 0.3 is 13.5 Å². The van der Waals surface area contributed by atoms with E-state index in [2.05, 4.69) is 4.98 Å². The number of carbonyl (C=O) groups is 2. The van der Waals surface area contributed by atoms with Crippen molar-refractivity contribution in [2.45, 2.75) is 66.1 Å². The Kier molecular flexibility index (Phi) is 12.1. The molecule has 1 saturated heterocycles. The van der Waals surface area contributed by atoms with E-state index in [-0.39, 0.29) is 16.0 Å². The second-order valence-electron chi connectivity index (χ2n) is 10.6. The number of rotatable bonds is 11. The molecule has 0 bridgehead atoms. The number of ether oxygens (including phenoxy) is 2. The molecule has 16 heteroatoms. The van der Waals surface area contributed by atoms with E-state index >= 15 is 0 Å². The summed E-state index contributed by atoms with van der Waals surface area (Å²) in [5.74, 6) is 0.00900. The molecular formula is C24H36N3O10PS2. The zero-order chi connectivity index (χ0) is 30.3. The number of nitrogen functional groups attached to an aromatic ring is 1. The molecule has 0 aromatic carbocycles. The second-order valence-corrected chi connectivity index (χ2v) is 13.9. The number of anilines is 1. The summed E-state index contributed by atoms with van der Waals surface area (Å²) >= 11 is 1.67. The summed E-state index contributed by atoms with van der Waals surface area (Å²) < 4.78 is 41.4. The first-order chi connectivity index (χ1) is 18.5. The Morgan fingerprint density at radius 2 is 1.65 bits per heavy atom. The summed E-state index contributed by atoms with van der Waals surface area (Å²) in [6.07, 6.45) is -1.20. The van der Waals surface area contributed by atoms with Crippen LogP contribution in [0.2, 0.25) is 0 Å². The SMILES string of the molecule is CO[C@@H]1[C@H](O)[C@@H](COP(=O)(OC=CSC(=O)C(C)(C)C)OC=CSC(=O)C(C)(C)C)O[C@H]1n1ccc(N)nc1=O. The minimum absolute atomic E-state index is 0.00900. The Labute approximate surface area is 241 Å². The van der Waals surface area contributed by atoms with Gasteiger partial charge in [0.1, 0.15) is 36.7 Å². The van der Waals surface area contributed by atoms with E-state index in [0.717, 1.165) is 40.6 Å². The van der Waals surface area contributed by atoms with Crippen LogP contribution in [-0.2, 0) is 37.2 Å². The predicted molar refractivity (Wildman–Crippen MR) is 152 cm³/mol. The van der Waals surface area contributed by atoms with Crippen LogP contribution in [0.1, 0.15) is 47.8 Å². The van der Waals surface area contributed by atoms with Crippen LogP contribution < -0.4 is 11.4 Å². The summed E-state index contributed by atoms with van der Waals surface area (Å²) in [5.41, 5.74) is 3.59. The number of aliphatic hydroxyl groups is 1. The molecule has 1 fully saturated rings. The number of aromatic nitrogens is 2. The number of thioether (sulfide) groups is 2. The first kappa shape index (κ1) is 34.1. The zero-order valence-corrected chi connectivity index (χ0v) is 25.9. The lowest BCUT2D eigenvalue weighted by Crippen LogP contribution is -2.37. The second kappa shape index (κ2) is 14.2. The summed E-state index contributed by atoms with van der Waals surface area (Å²) in [6, 6.07) is 1.38. The van der Waals surface area contributed by atoms with Crippen molar-refractivity contribution in [3.05, 3.63) is 46.1 Å². The van der Waals surface area contributed by atoms with Crippen LogP contribution in [0.15, 0.2) is 40.4 Å². The molecule has 40 heavy (non-hydrogen) atoms. The molecule has 1 aromatic heterocycles. The van der Waals surface area contributed by atoms with E-state index in [1.807, 2.05) is 0 Å². The maximum Gasteiger partial charge on any atom is 0.586 e. The van der Waals surface area contributed by atoms with Crippen molar-refractivity contribution in [3.63, 3.8) is 0 Å². The van der Waals surface area contributed by atoms with E-state index in [0.29, 0.717) is 0 Å². The first-order valence-electron chi connectivity index (χ1n) is 12.0. The van der Waals surface area contributed by atoms with Gasteiger partial charge in [-0.05, 0) is 6.07 Å². The van der Waals surface area contributed by atoms with Crippen molar-refractivity contribution in [1.29, 1.82) is 0 Å². The number of hydrogen-bond donors (Lipinski definition) is 2. The normalized spacial score (nSPS) is 23.4. The molecule has 0 spiro atoms. The van der Waals surface area contributed by atoms with Gasteiger partial charge in [-0.2, -0.15) is 4.98 Å². The van der Waals surface area contributed by atoms with Crippen LogP contribution in [0.25, 0.3) is 0 Å². The van der Waals surface area contributed by atoms with Crippen molar-refractivity contribution < 1.29 is 42.3 Å². The van der Waals surface area contributed by atoms with Crippen LogP contribution in [0, 0.1) is 10.8 Å². The molecule has 1 aliphatic rings. The molecule has 1 aromatic rings. The Balaban J connectivity index is 2.16. The lowest BCUT2D eigenvalue weighted by Gasteiger charge is -2.20. The molecule has 0 amide bonds. The number of carbonyl (C=O) groups excluding carboxylic acids is 2. The van der Waals surface area contributed by atoms with Crippen molar-refractivity contribution >= 4 is 47.4 Å². The molecule has 2 rings (SSSR count). The third-order valence-corrected chi connectivity index (χ3v) is 8.55. The van der Waals surface area contributed by atoms with Crippen LogP contribution in [-0.4, -0.2) is 56.9 Å². The number of nitrogens with two attached hydrogens (primary N) is 1. The van der Waals surface area contributed by atoms with E-state index in [4.69, 9.17) is 28.8 Å². The molecule has 0 unspecified atom stereocenters. The van der Waals surface area contributed by atoms with Gasteiger partial charge in [0.15, 0.2) is 16.5 Å². The smallest absolute Gasteiger partial charge is 0.402 e. The van der Waals surface area contributed by atoms with Crippen LogP contribution in [0.3, 0.4) is 0 Å². The van der Waals surface area contributed by atoms with Crippen molar-refractivity contribution in [2.24, 2.45) is 10.8 Å². The third kappa shape index (κ3) is 9.75. The average molecular weight is 622 g/mol. The molecule has 0 radical (unpaired) electrons. The number of phosphoric acid groups is 1. The van der Waals surface area contributed by atoms with E-state index < -0.39 is 55.5 Å². The largest absolute Gasteiger partial charge is 0.586 e. The van der Waals surface area contributed by atoms with Gasteiger partial charge in [-0.1, -0.05) is 65.1 Å². The number of aliphatic hydroxyl groups excluding tert-OH is 1. The Bertz CT molecular complexity index is 1160. The summed E-state index contributed by atoms with van der Waals surface area (Å²) in [5, 5.41) is 13.0. The van der Waals surface area contributed by atoms with Crippen molar-refractivity contribution in [1.82, 2.24) is 9.55 Å². The Hall–Kier alpha value is -2.13. The highest BCUT2D eigenvalue weighted by Gasteiger charge is 2.47. The van der Waals surface area contributed by atoms with Crippen LogP contribution in [0.5, 0.6) is 0 Å². The fraction of sp³-hybridized carbons (Fsp3) is 0.583. The molecule has 0 saturated carbocycles. The molecule has 224 valence electrons. The lowest BCUT2D eigenvalue weighted by molar-refractivity contribution is -0.118. The highest BCUT2D eigenvalue weighted by Crippen LogP contribution is 2.51. The minimum Gasteiger partial charge on any atom is -0.402 e. The summed E-state index contributed by atoms with van der Waals surface area (Å²) in [6.45, 7) is 9.98. The predicted octanol–water partition coefficient (Wildman–Crippen LogP) is 3.81. The van der Waals surface area contributed by atoms with Gasteiger partial charge in [-0.3, -0.25) is 18.7 Å².